The highest BCUT2D eigenvalue weighted by Gasteiger charge is 2.33. The molecule has 0 spiro atoms. The number of aryl methyl sites for hydroxylation is 3. The zero-order valence-electron chi connectivity index (χ0n) is 11.2. The highest BCUT2D eigenvalue weighted by atomic mass is 32.1. The third-order valence-corrected chi connectivity index (χ3v) is 3.62. The van der Waals surface area contributed by atoms with E-state index in [0.29, 0.717) is 6.54 Å². The van der Waals surface area contributed by atoms with Gasteiger partial charge >= 0.3 is 6.18 Å². The van der Waals surface area contributed by atoms with Crippen molar-refractivity contribution in [1.82, 2.24) is 15.0 Å². The Labute approximate surface area is 118 Å². The molecule has 0 amide bonds. The Morgan fingerprint density at radius 2 is 1.85 bits per heavy atom. The first kappa shape index (κ1) is 14.7. The summed E-state index contributed by atoms with van der Waals surface area (Å²) in [5.41, 5.74) is 0.195. The Morgan fingerprint density at radius 1 is 1.15 bits per heavy atom. The Bertz CT molecular complexity index is 622. The summed E-state index contributed by atoms with van der Waals surface area (Å²) in [7, 11) is 0. The van der Waals surface area contributed by atoms with Crippen LogP contribution in [0, 0.1) is 20.8 Å². The molecule has 2 aromatic heterocycles. The molecule has 0 atom stereocenters. The van der Waals surface area contributed by atoms with Gasteiger partial charge in [0.15, 0.2) is 0 Å². The van der Waals surface area contributed by atoms with E-state index in [-0.39, 0.29) is 11.6 Å². The molecule has 0 saturated carbocycles. The smallest absolute Gasteiger partial charge is 0.349 e. The van der Waals surface area contributed by atoms with E-state index in [1.807, 2.05) is 13.8 Å². The van der Waals surface area contributed by atoms with E-state index in [0.717, 1.165) is 21.6 Å². The topological polar surface area (TPSA) is 50.7 Å². The Morgan fingerprint density at radius 3 is 2.40 bits per heavy atom. The number of rotatable bonds is 3. The van der Waals surface area contributed by atoms with E-state index in [9.17, 15) is 13.2 Å². The molecule has 2 rings (SSSR count). The lowest BCUT2D eigenvalue weighted by molar-refractivity contribution is -0.141. The molecular weight excluding hydrogens is 289 g/mol. The predicted octanol–water partition coefficient (Wildman–Crippen LogP) is 3.49. The monoisotopic (exact) mass is 302 g/mol. The molecule has 1 N–H and O–H groups in total. The molecule has 0 fully saturated rings. The molecule has 2 aromatic rings. The van der Waals surface area contributed by atoms with Crippen LogP contribution in [0.3, 0.4) is 0 Å². The summed E-state index contributed by atoms with van der Waals surface area (Å²) >= 11 is 1.50. The molecule has 0 saturated heterocycles. The lowest BCUT2D eigenvalue weighted by atomic mass is 10.3. The standard InChI is InChI=1S/C12H13F3N4S/c1-6-4-10(12(13,14)15)19-11(17-6)16-5-9-7(2)18-8(3)20-9/h4H,5H2,1-3H3,(H,16,17,19). The summed E-state index contributed by atoms with van der Waals surface area (Å²) in [4.78, 5) is 12.7. The van der Waals surface area contributed by atoms with Gasteiger partial charge in [-0.2, -0.15) is 13.2 Å². The van der Waals surface area contributed by atoms with Crippen molar-refractivity contribution in [2.24, 2.45) is 0 Å². The number of alkyl halides is 3. The van der Waals surface area contributed by atoms with Crippen molar-refractivity contribution < 1.29 is 13.2 Å². The van der Waals surface area contributed by atoms with Crippen molar-refractivity contribution >= 4 is 17.3 Å². The van der Waals surface area contributed by atoms with Crippen LogP contribution in [-0.4, -0.2) is 15.0 Å². The van der Waals surface area contributed by atoms with Gasteiger partial charge < -0.3 is 5.32 Å². The van der Waals surface area contributed by atoms with Crippen molar-refractivity contribution in [2.75, 3.05) is 5.32 Å². The second-order valence-corrected chi connectivity index (χ2v) is 5.60. The first-order valence-corrected chi connectivity index (χ1v) is 6.67. The molecule has 8 heteroatoms. The van der Waals surface area contributed by atoms with Crippen molar-refractivity contribution in [3.63, 3.8) is 0 Å². The van der Waals surface area contributed by atoms with E-state index in [4.69, 9.17) is 0 Å². The fourth-order valence-electron chi connectivity index (χ4n) is 1.69. The number of anilines is 1. The predicted molar refractivity (Wildman–Crippen MR) is 70.7 cm³/mol. The van der Waals surface area contributed by atoms with E-state index in [1.165, 1.54) is 18.3 Å². The third kappa shape index (κ3) is 3.44. The summed E-state index contributed by atoms with van der Waals surface area (Å²) in [6.07, 6.45) is -4.47. The van der Waals surface area contributed by atoms with E-state index >= 15 is 0 Å². The Hall–Kier alpha value is -1.70. The van der Waals surface area contributed by atoms with Gasteiger partial charge in [0.2, 0.25) is 5.95 Å². The lowest BCUT2D eigenvalue weighted by Gasteiger charge is -2.09. The Balaban J connectivity index is 2.18. The summed E-state index contributed by atoms with van der Waals surface area (Å²) in [6, 6.07) is 0.924. The summed E-state index contributed by atoms with van der Waals surface area (Å²) in [5, 5.41) is 3.73. The van der Waals surface area contributed by atoms with Gasteiger partial charge in [-0.1, -0.05) is 0 Å². The number of hydrogen-bond acceptors (Lipinski definition) is 5. The Kier molecular flexibility index (Phi) is 3.94. The maximum atomic E-state index is 12.7. The summed E-state index contributed by atoms with van der Waals surface area (Å²) < 4.78 is 38.0. The molecule has 0 unspecified atom stereocenters. The summed E-state index contributed by atoms with van der Waals surface area (Å²) in [5.74, 6) is -0.0252. The average molecular weight is 302 g/mol. The van der Waals surface area contributed by atoms with Crippen molar-refractivity contribution in [3.05, 3.63) is 33.0 Å². The van der Waals surface area contributed by atoms with Gasteiger partial charge in [0.05, 0.1) is 17.2 Å². The van der Waals surface area contributed by atoms with Gasteiger partial charge in [-0.3, -0.25) is 0 Å². The average Bonchev–Trinajstić information content (AvgIpc) is 2.63. The molecule has 108 valence electrons. The third-order valence-electron chi connectivity index (χ3n) is 2.55. The highest BCUT2D eigenvalue weighted by Crippen LogP contribution is 2.28. The van der Waals surface area contributed by atoms with Gasteiger partial charge in [0.25, 0.3) is 0 Å². The first-order valence-electron chi connectivity index (χ1n) is 5.85. The van der Waals surface area contributed by atoms with Crippen LogP contribution in [-0.2, 0) is 12.7 Å². The van der Waals surface area contributed by atoms with Gasteiger partial charge in [-0.15, -0.1) is 11.3 Å². The number of hydrogen-bond donors (Lipinski definition) is 1. The molecule has 0 aromatic carbocycles. The minimum atomic E-state index is -4.47. The lowest BCUT2D eigenvalue weighted by Crippen LogP contribution is -2.12. The van der Waals surface area contributed by atoms with Crippen LogP contribution < -0.4 is 5.32 Å². The molecular formula is C12H13F3N4S. The molecule has 4 nitrogen and oxygen atoms in total. The van der Waals surface area contributed by atoms with E-state index in [1.54, 1.807) is 0 Å². The van der Waals surface area contributed by atoms with Crippen LogP contribution in [0.1, 0.15) is 27.0 Å². The van der Waals surface area contributed by atoms with Crippen molar-refractivity contribution in [1.29, 1.82) is 0 Å². The molecule has 0 aliphatic carbocycles. The second kappa shape index (κ2) is 5.35. The fraction of sp³-hybridized carbons (Fsp3) is 0.417. The minimum Gasteiger partial charge on any atom is -0.349 e. The summed E-state index contributed by atoms with van der Waals surface area (Å²) in [6.45, 7) is 5.60. The molecule has 0 bridgehead atoms. The van der Waals surface area contributed by atoms with Gasteiger partial charge in [-0.05, 0) is 26.8 Å². The van der Waals surface area contributed by atoms with Crippen LogP contribution in [0.5, 0.6) is 0 Å². The second-order valence-electron chi connectivity index (χ2n) is 4.31. The first-order chi connectivity index (χ1) is 9.25. The number of thiazole rings is 1. The maximum Gasteiger partial charge on any atom is 0.433 e. The van der Waals surface area contributed by atoms with Crippen LogP contribution in [0.4, 0.5) is 19.1 Å². The number of nitrogens with one attached hydrogen (secondary N) is 1. The number of nitrogens with zero attached hydrogens (tertiary/aromatic N) is 3. The van der Waals surface area contributed by atoms with E-state index < -0.39 is 11.9 Å². The van der Waals surface area contributed by atoms with Crippen LogP contribution >= 0.6 is 11.3 Å². The van der Waals surface area contributed by atoms with E-state index in [2.05, 4.69) is 20.3 Å². The molecule has 0 aliphatic rings. The quantitative estimate of drug-likeness (QED) is 0.943. The number of halogens is 3. The van der Waals surface area contributed by atoms with Crippen molar-refractivity contribution in [3.8, 4) is 0 Å². The molecule has 2 heterocycles. The normalized spacial score (nSPS) is 11.7. The van der Waals surface area contributed by atoms with Crippen LogP contribution in [0.15, 0.2) is 6.07 Å². The van der Waals surface area contributed by atoms with Crippen LogP contribution in [0.25, 0.3) is 0 Å². The van der Waals surface area contributed by atoms with Gasteiger partial charge in [0, 0.05) is 10.6 Å². The fourth-order valence-corrected chi connectivity index (χ4v) is 2.57. The highest BCUT2D eigenvalue weighted by molar-refractivity contribution is 7.11. The minimum absolute atomic E-state index is 0.0252. The zero-order chi connectivity index (χ0) is 14.9. The molecule has 0 aliphatic heterocycles. The molecule has 20 heavy (non-hydrogen) atoms. The van der Waals surface area contributed by atoms with Gasteiger partial charge in [0.1, 0.15) is 5.69 Å². The maximum absolute atomic E-state index is 12.7. The zero-order valence-corrected chi connectivity index (χ0v) is 12.0. The SMILES string of the molecule is Cc1cc(C(F)(F)F)nc(NCc2sc(C)nc2C)n1. The number of aromatic nitrogens is 3. The van der Waals surface area contributed by atoms with Gasteiger partial charge in [-0.25, -0.2) is 15.0 Å². The van der Waals surface area contributed by atoms with Crippen molar-refractivity contribution in [2.45, 2.75) is 33.5 Å². The van der Waals surface area contributed by atoms with Crippen LogP contribution in [0.2, 0.25) is 0 Å². The largest absolute Gasteiger partial charge is 0.433 e. The molecule has 0 radical (unpaired) electrons.